The summed E-state index contributed by atoms with van der Waals surface area (Å²) in [5.74, 6) is -0.177. The Morgan fingerprint density at radius 1 is 1.18 bits per heavy atom. The first-order valence-electron chi connectivity index (χ1n) is 10.5. The maximum absolute atomic E-state index is 13.5. The Labute approximate surface area is 192 Å². The van der Waals surface area contributed by atoms with Crippen molar-refractivity contribution in [2.45, 2.75) is 44.8 Å². The first-order chi connectivity index (χ1) is 15.7. The molecule has 2 N–H and O–H groups in total. The number of aliphatic carboxylic acids is 1. The van der Waals surface area contributed by atoms with Crippen molar-refractivity contribution < 1.29 is 19.0 Å². The number of nitrogens with one attached hydrogen (secondary N) is 1. The van der Waals surface area contributed by atoms with Crippen LogP contribution < -0.4 is 10.1 Å². The molecule has 0 radical (unpaired) electrons. The fourth-order valence-corrected chi connectivity index (χ4v) is 3.43. The smallest absolute Gasteiger partial charge is 0.305 e. The van der Waals surface area contributed by atoms with Gasteiger partial charge in [-0.15, -0.1) is 5.10 Å². The lowest BCUT2D eigenvalue weighted by molar-refractivity contribution is -0.137. The Balaban J connectivity index is 2.03. The molecule has 0 bridgehead atoms. The average molecular weight is 454 g/mol. The number of tetrazole rings is 1. The quantitative estimate of drug-likeness (QED) is 0.447. The lowest BCUT2D eigenvalue weighted by atomic mass is 9.98. The van der Waals surface area contributed by atoms with Gasteiger partial charge in [0.1, 0.15) is 18.2 Å². The molecule has 0 aliphatic heterocycles. The topological polar surface area (TPSA) is 102 Å². The monoisotopic (exact) mass is 453 g/mol. The fraction of sp³-hybridized carbons (Fsp3) is 0.333. The number of hydrogen-bond donors (Lipinski definition) is 2. The molecule has 174 valence electrons. The summed E-state index contributed by atoms with van der Waals surface area (Å²) in [4.78, 5) is 11.6. The van der Waals surface area contributed by atoms with Crippen LogP contribution in [0.4, 0.5) is 4.39 Å². The predicted octanol–water partition coefficient (Wildman–Crippen LogP) is 4.03. The third-order valence-corrected chi connectivity index (χ3v) is 4.99. The van der Waals surface area contributed by atoms with E-state index in [9.17, 15) is 14.3 Å². The predicted molar refractivity (Wildman–Crippen MR) is 121 cm³/mol. The number of carbonyl (C=O) groups is 1. The van der Waals surface area contributed by atoms with Gasteiger partial charge in [0, 0.05) is 6.04 Å². The fourth-order valence-electron chi connectivity index (χ4n) is 3.43. The maximum Gasteiger partial charge on any atom is 0.305 e. The average Bonchev–Trinajstić information content (AvgIpc) is 3.26. The molecule has 0 fully saturated rings. The molecule has 0 aliphatic carbocycles. The van der Waals surface area contributed by atoms with E-state index in [0.29, 0.717) is 23.7 Å². The van der Waals surface area contributed by atoms with Crippen LogP contribution in [0.1, 0.15) is 56.2 Å². The molecule has 3 rings (SSSR count). The Morgan fingerprint density at radius 2 is 1.82 bits per heavy atom. The zero-order valence-electron chi connectivity index (χ0n) is 18.9. The molecule has 2 aromatic carbocycles. The number of benzene rings is 2. The van der Waals surface area contributed by atoms with Crippen LogP contribution in [-0.4, -0.2) is 37.9 Å². The van der Waals surface area contributed by atoms with Crippen molar-refractivity contribution in [2.24, 2.45) is 0 Å². The van der Waals surface area contributed by atoms with Crippen LogP contribution in [0.15, 0.2) is 61.2 Å². The van der Waals surface area contributed by atoms with Crippen LogP contribution in [0.3, 0.4) is 0 Å². The third-order valence-electron chi connectivity index (χ3n) is 4.99. The molecule has 3 aromatic rings. The van der Waals surface area contributed by atoms with Crippen molar-refractivity contribution in [1.29, 1.82) is 0 Å². The van der Waals surface area contributed by atoms with Crippen LogP contribution in [0.2, 0.25) is 0 Å². The van der Waals surface area contributed by atoms with E-state index in [1.54, 1.807) is 22.9 Å². The molecule has 0 saturated carbocycles. The summed E-state index contributed by atoms with van der Waals surface area (Å²) in [6.45, 7) is 9.96. The van der Waals surface area contributed by atoms with E-state index < -0.39 is 29.4 Å². The Hall–Kier alpha value is -3.59. The Kier molecular flexibility index (Phi) is 7.55. The maximum atomic E-state index is 13.5. The Morgan fingerprint density at radius 3 is 2.39 bits per heavy atom. The van der Waals surface area contributed by atoms with Gasteiger partial charge in [-0.2, -0.15) is 0 Å². The standard InChI is InChI=1S/C24H28FN5O3/c1-5-14-33-19-12-8-17(9-13-19)22(23-27-28-29-30(23)24(2,3)4)26-20(15-21(31)32)16-6-10-18(25)11-7-16/h5-13,20,22,26H,1,14-15H2,2-4H3,(H,31,32). The van der Waals surface area contributed by atoms with Gasteiger partial charge in [0.05, 0.1) is 18.0 Å². The number of nitrogens with zero attached hydrogens (tertiary/aromatic N) is 4. The van der Waals surface area contributed by atoms with Crippen molar-refractivity contribution in [3.8, 4) is 5.75 Å². The van der Waals surface area contributed by atoms with Gasteiger partial charge in [0.25, 0.3) is 0 Å². The van der Waals surface area contributed by atoms with Crippen LogP contribution in [0.25, 0.3) is 0 Å². The van der Waals surface area contributed by atoms with Crippen molar-refractivity contribution in [1.82, 2.24) is 25.5 Å². The highest BCUT2D eigenvalue weighted by Gasteiger charge is 2.30. The zero-order valence-corrected chi connectivity index (χ0v) is 18.9. The summed E-state index contributed by atoms with van der Waals surface area (Å²) >= 11 is 0. The van der Waals surface area contributed by atoms with Gasteiger partial charge < -0.3 is 9.84 Å². The Bertz CT molecular complexity index is 1070. The van der Waals surface area contributed by atoms with E-state index in [-0.39, 0.29) is 6.42 Å². The first-order valence-corrected chi connectivity index (χ1v) is 10.5. The minimum Gasteiger partial charge on any atom is -0.490 e. The summed E-state index contributed by atoms with van der Waals surface area (Å²) < 4.78 is 20.8. The largest absolute Gasteiger partial charge is 0.490 e. The van der Waals surface area contributed by atoms with Gasteiger partial charge >= 0.3 is 5.97 Å². The summed E-state index contributed by atoms with van der Waals surface area (Å²) in [7, 11) is 0. The second-order valence-corrected chi connectivity index (χ2v) is 8.59. The van der Waals surface area contributed by atoms with Gasteiger partial charge in [-0.1, -0.05) is 36.9 Å². The highest BCUT2D eigenvalue weighted by molar-refractivity contribution is 5.68. The van der Waals surface area contributed by atoms with Gasteiger partial charge in [0.15, 0.2) is 5.82 Å². The van der Waals surface area contributed by atoms with Crippen molar-refractivity contribution in [2.75, 3.05) is 6.61 Å². The van der Waals surface area contributed by atoms with E-state index in [1.165, 1.54) is 12.1 Å². The summed E-state index contributed by atoms with van der Waals surface area (Å²) in [5.41, 5.74) is 1.05. The highest BCUT2D eigenvalue weighted by Crippen LogP contribution is 2.30. The molecular formula is C24H28FN5O3. The molecule has 8 nitrogen and oxygen atoms in total. The molecule has 0 spiro atoms. The molecule has 2 atom stereocenters. The van der Waals surface area contributed by atoms with E-state index in [4.69, 9.17) is 4.74 Å². The molecule has 9 heteroatoms. The van der Waals surface area contributed by atoms with Crippen LogP contribution in [0, 0.1) is 5.82 Å². The second-order valence-electron chi connectivity index (χ2n) is 8.59. The van der Waals surface area contributed by atoms with Crippen LogP contribution >= 0.6 is 0 Å². The van der Waals surface area contributed by atoms with Crippen molar-refractivity contribution in [3.63, 3.8) is 0 Å². The van der Waals surface area contributed by atoms with Crippen LogP contribution in [0.5, 0.6) is 5.75 Å². The molecule has 0 amide bonds. The minimum absolute atomic E-state index is 0.209. The number of rotatable bonds is 10. The third kappa shape index (κ3) is 6.23. The molecular weight excluding hydrogens is 425 g/mol. The minimum atomic E-state index is -0.987. The first kappa shape index (κ1) is 24.1. The molecule has 0 saturated heterocycles. The van der Waals surface area contributed by atoms with E-state index in [2.05, 4.69) is 27.4 Å². The van der Waals surface area contributed by atoms with E-state index in [1.807, 2.05) is 45.0 Å². The number of carboxylic acid groups (broad SMARTS) is 1. The van der Waals surface area contributed by atoms with Crippen LogP contribution in [-0.2, 0) is 10.3 Å². The zero-order chi connectivity index (χ0) is 24.0. The number of ether oxygens (including phenoxy) is 1. The van der Waals surface area contributed by atoms with Gasteiger partial charge in [-0.25, -0.2) is 9.07 Å². The van der Waals surface area contributed by atoms with Gasteiger partial charge in [-0.3, -0.25) is 10.1 Å². The normalized spacial score (nSPS) is 13.3. The summed E-state index contributed by atoms with van der Waals surface area (Å²) in [5, 5.41) is 25.2. The van der Waals surface area contributed by atoms with Gasteiger partial charge in [0.2, 0.25) is 0 Å². The van der Waals surface area contributed by atoms with E-state index >= 15 is 0 Å². The number of aromatic nitrogens is 4. The lowest BCUT2D eigenvalue weighted by Gasteiger charge is -2.28. The number of carboxylic acids is 1. The molecule has 2 unspecified atom stereocenters. The number of halogens is 1. The summed E-state index contributed by atoms with van der Waals surface area (Å²) in [6.07, 6.45) is 1.45. The second kappa shape index (κ2) is 10.4. The molecule has 33 heavy (non-hydrogen) atoms. The van der Waals surface area contributed by atoms with Crippen molar-refractivity contribution >= 4 is 5.97 Å². The highest BCUT2D eigenvalue weighted by atomic mass is 19.1. The lowest BCUT2D eigenvalue weighted by Crippen LogP contribution is -2.34. The van der Waals surface area contributed by atoms with E-state index in [0.717, 1.165) is 5.56 Å². The number of hydrogen-bond acceptors (Lipinski definition) is 6. The molecule has 0 aliphatic rings. The van der Waals surface area contributed by atoms with Crippen molar-refractivity contribution in [3.05, 3.63) is 84.0 Å². The molecule has 1 aromatic heterocycles. The SMILES string of the molecule is C=CCOc1ccc(C(NC(CC(=O)O)c2ccc(F)cc2)c2nnnn2C(C)(C)C)cc1. The summed E-state index contributed by atoms with van der Waals surface area (Å²) in [6, 6.07) is 12.0. The molecule has 1 heterocycles. The van der Waals surface area contributed by atoms with Gasteiger partial charge in [-0.05, 0) is 66.6 Å².